The van der Waals surface area contributed by atoms with Gasteiger partial charge in [-0.3, -0.25) is 15.0 Å². The van der Waals surface area contributed by atoms with Crippen LogP contribution >= 0.6 is 34.8 Å². The molecule has 0 unspecified atom stereocenters. The van der Waals surface area contributed by atoms with E-state index in [4.69, 9.17) is 34.8 Å². The van der Waals surface area contributed by atoms with Crippen LogP contribution in [0.4, 0.5) is 5.69 Å². The van der Waals surface area contributed by atoms with Gasteiger partial charge in [-0.2, -0.15) is 0 Å². The van der Waals surface area contributed by atoms with Crippen LogP contribution in [0.3, 0.4) is 0 Å². The van der Waals surface area contributed by atoms with E-state index < -0.39 is 10.0 Å². The number of benzene rings is 2. The summed E-state index contributed by atoms with van der Waals surface area (Å²) in [5, 5.41) is 11.1. The predicted molar refractivity (Wildman–Crippen MR) is 118 cm³/mol. The van der Waals surface area contributed by atoms with Gasteiger partial charge in [-0.05, 0) is 49.1 Å². The molecule has 7 nitrogen and oxygen atoms in total. The summed E-state index contributed by atoms with van der Waals surface area (Å²) in [5.74, 6) is 0. The zero-order valence-electron chi connectivity index (χ0n) is 15.9. The first-order valence-corrected chi connectivity index (χ1v) is 11.9. The molecule has 162 valence electrons. The van der Waals surface area contributed by atoms with Gasteiger partial charge < -0.3 is 0 Å². The van der Waals surface area contributed by atoms with Crippen LogP contribution in [0.5, 0.6) is 0 Å². The van der Waals surface area contributed by atoms with Gasteiger partial charge in [0.15, 0.2) is 0 Å². The second-order valence-electron chi connectivity index (χ2n) is 7.01. The number of sulfonamides is 1. The van der Waals surface area contributed by atoms with Crippen molar-refractivity contribution in [3.05, 3.63) is 66.6 Å². The number of nitrogens with one attached hydrogen (secondary N) is 1. The van der Waals surface area contributed by atoms with E-state index in [9.17, 15) is 18.5 Å². The Bertz CT molecular complexity index is 1060. The second kappa shape index (κ2) is 9.80. The summed E-state index contributed by atoms with van der Waals surface area (Å²) in [6, 6.07) is 7.72. The Labute approximate surface area is 190 Å². The Hall–Kier alpha value is -1.42. The molecule has 0 spiro atoms. The van der Waals surface area contributed by atoms with Crippen molar-refractivity contribution < 1.29 is 13.3 Å². The van der Waals surface area contributed by atoms with Crippen molar-refractivity contribution >= 4 is 50.5 Å². The number of nitrogens with zero attached hydrogens (tertiary/aromatic N) is 2. The van der Waals surface area contributed by atoms with Crippen molar-refractivity contribution in [2.75, 3.05) is 19.6 Å². The van der Waals surface area contributed by atoms with E-state index in [-0.39, 0.29) is 37.1 Å². The summed E-state index contributed by atoms with van der Waals surface area (Å²) in [7, 11) is -3.79. The minimum atomic E-state index is -3.79. The number of hydrogen-bond acceptors (Lipinski definition) is 5. The van der Waals surface area contributed by atoms with Crippen molar-refractivity contribution in [3.63, 3.8) is 0 Å². The molecule has 0 radical (unpaired) electrons. The number of hydrogen-bond donors (Lipinski definition) is 1. The average Bonchev–Trinajstić information content (AvgIpc) is 2.71. The van der Waals surface area contributed by atoms with E-state index >= 15 is 0 Å². The number of fused-ring (bicyclic) bond motifs is 1. The zero-order chi connectivity index (χ0) is 21.9. The minimum Gasteiger partial charge on any atom is -0.299 e. The van der Waals surface area contributed by atoms with E-state index in [2.05, 4.69) is 9.62 Å². The first-order valence-electron chi connectivity index (χ1n) is 9.31. The Kier molecular flexibility index (Phi) is 7.60. The standard InChI is InChI=1S/C19H20Cl3N3O4S/c20-16-5-6-17(19(22)18(16)21)30(28,29)23-8-1-2-9-24-10-7-13-3-4-15(25(26)27)11-14(13)12-24/h3-6,11,23H,1-2,7-10,12H2. The van der Waals surface area contributed by atoms with Gasteiger partial charge in [-0.25, -0.2) is 13.1 Å². The van der Waals surface area contributed by atoms with Crippen molar-refractivity contribution in [2.45, 2.75) is 30.7 Å². The highest BCUT2D eigenvalue weighted by molar-refractivity contribution is 7.89. The molecule has 2 aromatic rings. The predicted octanol–water partition coefficient (Wildman–Crippen LogP) is 4.67. The van der Waals surface area contributed by atoms with Gasteiger partial charge in [0, 0.05) is 31.8 Å². The SMILES string of the molecule is O=[N+]([O-])c1ccc2c(c1)CN(CCCCNS(=O)(=O)c1ccc(Cl)c(Cl)c1Cl)CC2. The smallest absolute Gasteiger partial charge is 0.269 e. The monoisotopic (exact) mass is 491 g/mol. The highest BCUT2D eigenvalue weighted by Crippen LogP contribution is 2.34. The molecule has 1 aliphatic heterocycles. The second-order valence-corrected chi connectivity index (χ2v) is 9.91. The van der Waals surface area contributed by atoms with E-state index in [1.807, 2.05) is 6.07 Å². The van der Waals surface area contributed by atoms with Gasteiger partial charge in [-0.1, -0.05) is 40.9 Å². The van der Waals surface area contributed by atoms with Crippen molar-refractivity contribution in [1.82, 2.24) is 9.62 Å². The van der Waals surface area contributed by atoms with Crippen molar-refractivity contribution in [1.29, 1.82) is 0 Å². The molecule has 1 heterocycles. The number of non-ortho nitro benzene ring substituents is 1. The van der Waals surface area contributed by atoms with Gasteiger partial charge in [-0.15, -0.1) is 0 Å². The first-order chi connectivity index (χ1) is 14.2. The number of nitro groups is 1. The molecule has 0 saturated carbocycles. The van der Waals surface area contributed by atoms with Gasteiger partial charge in [0.1, 0.15) is 4.90 Å². The topological polar surface area (TPSA) is 92.6 Å². The summed E-state index contributed by atoms with van der Waals surface area (Å²) in [6.07, 6.45) is 2.26. The lowest BCUT2D eigenvalue weighted by Crippen LogP contribution is -2.32. The maximum Gasteiger partial charge on any atom is 0.269 e. The molecular weight excluding hydrogens is 473 g/mol. The Morgan fingerprint density at radius 3 is 2.57 bits per heavy atom. The lowest BCUT2D eigenvalue weighted by molar-refractivity contribution is -0.385. The van der Waals surface area contributed by atoms with Crippen LogP contribution in [0.2, 0.25) is 15.1 Å². The quantitative estimate of drug-likeness (QED) is 0.250. The van der Waals surface area contributed by atoms with Crippen molar-refractivity contribution in [2.24, 2.45) is 0 Å². The summed E-state index contributed by atoms with van der Waals surface area (Å²) < 4.78 is 27.4. The molecule has 2 aromatic carbocycles. The fourth-order valence-electron chi connectivity index (χ4n) is 3.37. The number of halogens is 3. The Morgan fingerprint density at radius 2 is 1.83 bits per heavy atom. The van der Waals surface area contributed by atoms with Crippen LogP contribution < -0.4 is 4.72 Å². The maximum atomic E-state index is 12.4. The van der Waals surface area contributed by atoms with Crippen LogP contribution in [-0.2, 0) is 23.0 Å². The molecule has 3 rings (SSSR count). The lowest BCUT2D eigenvalue weighted by atomic mass is 9.99. The van der Waals surface area contributed by atoms with Gasteiger partial charge in [0.05, 0.1) is 20.0 Å². The Morgan fingerprint density at radius 1 is 1.07 bits per heavy atom. The van der Waals surface area contributed by atoms with Crippen LogP contribution in [-0.4, -0.2) is 37.9 Å². The average molecular weight is 493 g/mol. The van der Waals surface area contributed by atoms with Crippen LogP contribution in [0, 0.1) is 10.1 Å². The van der Waals surface area contributed by atoms with Gasteiger partial charge in [0.2, 0.25) is 10.0 Å². The highest BCUT2D eigenvalue weighted by Gasteiger charge is 2.21. The normalized spacial score (nSPS) is 14.5. The third-order valence-electron chi connectivity index (χ3n) is 4.97. The summed E-state index contributed by atoms with van der Waals surface area (Å²) >= 11 is 17.8. The van der Waals surface area contributed by atoms with Crippen LogP contribution in [0.15, 0.2) is 35.2 Å². The number of rotatable bonds is 8. The molecule has 1 N–H and O–H groups in total. The molecule has 11 heteroatoms. The molecule has 0 atom stereocenters. The molecule has 30 heavy (non-hydrogen) atoms. The fourth-order valence-corrected chi connectivity index (χ4v) is 5.42. The summed E-state index contributed by atoms with van der Waals surface area (Å²) in [5.41, 5.74) is 2.22. The molecule has 0 amide bonds. The third-order valence-corrected chi connectivity index (χ3v) is 7.88. The van der Waals surface area contributed by atoms with Gasteiger partial charge in [0.25, 0.3) is 5.69 Å². The maximum absolute atomic E-state index is 12.4. The number of unbranched alkanes of at least 4 members (excludes halogenated alkanes) is 1. The Balaban J connectivity index is 1.48. The van der Waals surface area contributed by atoms with E-state index in [0.717, 1.165) is 37.1 Å². The molecule has 0 saturated heterocycles. The molecular formula is C19H20Cl3N3O4S. The lowest BCUT2D eigenvalue weighted by Gasteiger charge is -2.28. The van der Waals surface area contributed by atoms with Crippen LogP contribution in [0.25, 0.3) is 0 Å². The largest absolute Gasteiger partial charge is 0.299 e. The van der Waals surface area contributed by atoms with E-state index in [1.165, 1.54) is 12.1 Å². The van der Waals surface area contributed by atoms with Gasteiger partial charge >= 0.3 is 0 Å². The van der Waals surface area contributed by atoms with E-state index in [1.54, 1.807) is 12.1 Å². The first kappa shape index (κ1) is 23.2. The van der Waals surface area contributed by atoms with E-state index in [0.29, 0.717) is 13.0 Å². The molecule has 0 fully saturated rings. The molecule has 0 aromatic heterocycles. The fraction of sp³-hybridized carbons (Fsp3) is 0.368. The molecule has 0 bridgehead atoms. The summed E-state index contributed by atoms with van der Waals surface area (Å²) in [6.45, 7) is 2.56. The van der Waals surface area contributed by atoms with Crippen LogP contribution in [0.1, 0.15) is 24.0 Å². The summed E-state index contributed by atoms with van der Waals surface area (Å²) in [4.78, 5) is 12.7. The molecule has 1 aliphatic rings. The zero-order valence-corrected chi connectivity index (χ0v) is 19.0. The van der Waals surface area contributed by atoms with Crippen molar-refractivity contribution in [3.8, 4) is 0 Å². The number of nitro benzene ring substituents is 1. The molecule has 0 aliphatic carbocycles. The third kappa shape index (κ3) is 5.43. The minimum absolute atomic E-state index is 0.00632. The highest BCUT2D eigenvalue weighted by atomic mass is 35.5.